The number of pyridine rings is 1. The number of aromatic amines is 2. The Morgan fingerprint density at radius 3 is 2.67 bits per heavy atom. The fourth-order valence-electron chi connectivity index (χ4n) is 4.68. The molecule has 1 saturated carbocycles. The van der Waals surface area contributed by atoms with E-state index in [0.29, 0.717) is 17.1 Å². The van der Waals surface area contributed by atoms with Gasteiger partial charge >= 0.3 is 154 Å². The van der Waals surface area contributed by atoms with Crippen LogP contribution in [0.3, 0.4) is 0 Å². The van der Waals surface area contributed by atoms with E-state index in [0.717, 1.165) is 53.0 Å². The molecule has 0 atom stereocenters. The second-order valence-electron chi connectivity index (χ2n) is 8.30. The predicted octanol–water partition coefficient (Wildman–Crippen LogP) is 2.39. The SMILES string of the molecule is Nc1c(-c2nc3ccc(N4CCN(C5CCC5)CC4)cc3[nH]2)c(=O)[nH]c2cc[se]c12. The first-order chi connectivity index (χ1) is 14.7. The summed E-state index contributed by atoms with van der Waals surface area (Å²) in [6, 6.07) is 9.07. The summed E-state index contributed by atoms with van der Waals surface area (Å²) >= 11 is 0.152. The summed E-state index contributed by atoms with van der Waals surface area (Å²) in [6.07, 6.45) is 4.12. The number of nitrogen functional groups attached to an aromatic ring is 1. The van der Waals surface area contributed by atoms with E-state index in [-0.39, 0.29) is 20.1 Å². The van der Waals surface area contributed by atoms with Gasteiger partial charge in [-0.05, 0) is 12.8 Å². The van der Waals surface area contributed by atoms with Crippen LogP contribution in [-0.4, -0.2) is 66.6 Å². The van der Waals surface area contributed by atoms with Gasteiger partial charge in [0.05, 0.1) is 0 Å². The monoisotopic (exact) mass is 468 g/mol. The normalized spacial score (nSPS) is 18.3. The molecule has 1 aliphatic carbocycles. The number of hydrogen-bond acceptors (Lipinski definition) is 5. The van der Waals surface area contributed by atoms with E-state index < -0.39 is 0 Å². The van der Waals surface area contributed by atoms with E-state index >= 15 is 0 Å². The molecule has 0 bridgehead atoms. The van der Waals surface area contributed by atoms with Crippen LogP contribution < -0.4 is 16.2 Å². The van der Waals surface area contributed by atoms with Gasteiger partial charge in [-0.15, -0.1) is 0 Å². The number of benzene rings is 1. The summed E-state index contributed by atoms with van der Waals surface area (Å²) in [4.78, 5) is 30.8. The van der Waals surface area contributed by atoms with E-state index in [2.05, 4.69) is 41.8 Å². The quantitative estimate of drug-likeness (QED) is 0.403. The number of H-pyrrole nitrogens is 2. The number of hydrogen-bond donors (Lipinski definition) is 3. The molecule has 0 unspecified atom stereocenters. The minimum absolute atomic E-state index is 0.152. The van der Waals surface area contributed by atoms with E-state index in [9.17, 15) is 4.79 Å². The van der Waals surface area contributed by atoms with Gasteiger partial charge in [-0.1, -0.05) is 6.42 Å². The molecule has 1 aromatic carbocycles. The Bertz CT molecular complexity index is 1290. The fraction of sp³-hybridized carbons (Fsp3) is 0.364. The molecule has 2 aliphatic rings. The molecular weight excluding hydrogens is 443 g/mol. The Morgan fingerprint density at radius 2 is 1.90 bits per heavy atom. The van der Waals surface area contributed by atoms with Crippen molar-refractivity contribution < 1.29 is 0 Å². The molecule has 8 heteroatoms. The number of aromatic nitrogens is 3. The first-order valence-corrected chi connectivity index (χ1v) is 12.4. The van der Waals surface area contributed by atoms with Crippen molar-refractivity contribution in [2.45, 2.75) is 25.3 Å². The zero-order valence-electron chi connectivity index (χ0n) is 16.6. The molecule has 0 radical (unpaired) electrons. The van der Waals surface area contributed by atoms with Gasteiger partial charge in [-0.25, -0.2) is 0 Å². The number of nitrogens with one attached hydrogen (secondary N) is 2. The summed E-state index contributed by atoms with van der Waals surface area (Å²) in [6.45, 7) is 4.37. The summed E-state index contributed by atoms with van der Waals surface area (Å²) in [7, 11) is 0. The number of piperazine rings is 1. The Hall–Kier alpha value is -2.54. The number of nitrogens with two attached hydrogens (primary N) is 1. The third kappa shape index (κ3) is 2.90. The fourth-order valence-corrected chi connectivity index (χ4v) is 6.39. The zero-order valence-corrected chi connectivity index (χ0v) is 18.4. The van der Waals surface area contributed by atoms with Gasteiger partial charge < -0.3 is 0 Å². The number of anilines is 2. The maximum atomic E-state index is 12.7. The molecule has 0 spiro atoms. The van der Waals surface area contributed by atoms with E-state index in [1.807, 2.05) is 12.1 Å². The van der Waals surface area contributed by atoms with Crippen LogP contribution in [0.4, 0.5) is 11.4 Å². The average molecular weight is 467 g/mol. The van der Waals surface area contributed by atoms with Crippen molar-refractivity contribution in [3.8, 4) is 11.4 Å². The summed E-state index contributed by atoms with van der Waals surface area (Å²) in [5, 5.41) is 0. The van der Waals surface area contributed by atoms with Crippen molar-refractivity contribution in [2.24, 2.45) is 0 Å². The topological polar surface area (TPSA) is 94.0 Å². The van der Waals surface area contributed by atoms with Crippen LogP contribution in [0, 0.1) is 0 Å². The van der Waals surface area contributed by atoms with Crippen molar-refractivity contribution in [3.63, 3.8) is 0 Å². The van der Waals surface area contributed by atoms with Gasteiger partial charge in [-0.3, -0.25) is 0 Å². The van der Waals surface area contributed by atoms with Crippen LogP contribution in [0.15, 0.2) is 34.0 Å². The molecule has 4 aromatic rings. The average Bonchev–Trinajstić information content (AvgIpc) is 3.33. The standard InChI is InChI=1S/C22H24N6OSe/c23-19-18(22(29)26-16-6-11-30-20(16)19)21-24-15-5-4-14(12-17(15)25-21)28-9-7-27(8-10-28)13-2-1-3-13/h4-6,11-13H,1-3,7-10H2,(H,24,25)(H3,23,26,29). The molecule has 154 valence electrons. The third-order valence-electron chi connectivity index (χ3n) is 6.63. The van der Waals surface area contributed by atoms with Crippen LogP contribution in [0.1, 0.15) is 19.3 Å². The Morgan fingerprint density at radius 1 is 1.07 bits per heavy atom. The van der Waals surface area contributed by atoms with Gasteiger partial charge in [0.15, 0.2) is 0 Å². The van der Waals surface area contributed by atoms with E-state index in [1.54, 1.807) is 0 Å². The van der Waals surface area contributed by atoms with Crippen LogP contribution in [0.25, 0.3) is 32.2 Å². The molecule has 2 fully saturated rings. The number of fused-ring (bicyclic) bond motifs is 2. The Balaban J connectivity index is 1.31. The molecule has 4 heterocycles. The van der Waals surface area contributed by atoms with Crippen LogP contribution >= 0.6 is 0 Å². The van der Waals surface area contributed by atoms with Gasteiger partial charge in [0.1, 0.15) is 0 Å². The molecule has 0 amide bonds. The second-order valence-corrected chi connectivity index (χ2v) is 10.2. The minimum atomic E-state index is -0.194. The summed E-state index contributed by atoms with van der Waals surface area (Å²) in [5.41, 5.74) is 11.0. The van der Waals surface area contributed by atoms with Gasteiger partial charge in [0, 0.05) is 6.04 Å². The first-order valence-electron chi connectivity index (χ1n) is 10.6. The maximum absolute atomic E-state index is 12.7. The van der Waals surface area contributed by atoms with Gasteiger partial charge in [0.2, 0.25) is 0 Å². The molecule has 7 nitrogen and oxygen atoms in total. The van der Waals surface area contributed by atoms with Crippen molar-refractivity contribution in [2.75, 3.05) is 36.8 Å². The van der Waals surface area contributed by atoms with Crippen LogP contribution in [0.5, 0.6) is 0 Å². The molecular formula is C22H24N6OSe. The first kappa shape index (κ1) is 18.2. The van der Waals surface area contributed by atoms with E-state index in [1.165, 1.54) is 24.9 Å². The zero-order chi connectivity index (χ0) is 20.2. The molecule has 1 aliphatic heterocycles. The molecule has 3 aromatic heterocycles. The van der Waals surface area contributed by atoms with Gasteiger partial charge in [0.25, 0.3) is 0 Å². The summed E-state index contributed by atoms with van der Waals surface area (Å²) in [5.74, 6) is 0.543. The van der Waals surface area contributed by atoms with Gasteiger partial charge in [-0.2, -0.15) is 0 Å². The van der Waals surface area contributed by atoms with Crippen molar-refractivity contribution in [1.29, 1.82) is 0 Å². The Kier molecular flexibility index (Phi) is 4.26. The molecule has 6 rings (SSSR count). The molecule has 1 saturated heterocycles. The third-order valence-corrected chi connectivity index (χ3v) is 8.62. The van der Waals surface area contributed by atoms with E-state index in [4.69, 9.17) is 5.73 Å². The molecule has 4 N–H and O–H groups in total. The Labute approximate surface area is 179 Å². The van der Waals surface area contributed by atoms with Crippen molar-refractivity contribution in [1.82, 2.24) is 19.9 Å². The predicted molar refractivity (Wildman–Crippen MR) is 122 cm³/mol. The van der Waals surface area contributed by atoms with Crippen molar-refractivity contribution in [3.05, 3.63) is 39.6 Å². The number of nitrogens with zero attached hydrogens (tertiary/aromatic N) is 3. The summed E-state index contributed by atoms with van der Waals surface area (Å²) < 4.78 is 1.03. The number of imidazole rings is 1. The second kappa shape index (κ2) is 7.01. The number of rotatable bonds is 3. The molecule has 30 heavy (non-hydrogen) atoms. The van der Waals surface area contributed by atoms with Crippen LogP contribution in [0.2, 0.25) is 0 Å². The van der Waals surface area contributed by atoms with Crippen molar-refractivity contribution >= 4 is 46.7 Å². The van der Waals surface area contributed by atoms with Crippen LogP contribution in [-0.2, 0) is 0 Å².